The third-order valence-corrected chi connectivity index (χ3v) is 4.92. The van der Waals surface area contributed by atoms with Gasteiger partial charge in [-0.2, -0.15) is 5.10 Å². The minimum atomic E-state index is -0.220. The van der Waals surface area contributed by atoms with Crippen molar-refractivity contribution >= 4 is 23.4 Å². The lowest BCUT2D eigenvalue weighted by Crippen LogP contribution is -2.31. The van der Waals surface area contributed by atoms with Gasteiger partial charge in [0.2, 0.25) is 5.91 Å². The molecule has 3 rings (SSSR count). The maximum atomic E-state index is 12.0. The van der Waals surface area contributed by atoms with Crippen LogP contribution in [0.3, 0.4) is 0 Å². The molecule has 6 nitrogen and oxygen atoms in total. The van der Waals surface area contributed by atoms with E-state index in [9.17, 15) is 9.59 Å². The van der Waals surface area contributed by atoms with Gasteiger partial charge in [-0.25, -0.2) is 4.68 Å². The zero-order chi connectivity index (χ0) is 21.5. The summed E-state index contributed by atoms with van der Waals surface area (Å²) in [5, 5.41) is 10.7. The number of nitrogens with zero attached hydrogens (tertiary/aromatic N) is 2. The Bertz CT molecular complexity index is 1010. The summed E-state index contributed by atoms with van der Waals surface area (Å²) in [5.41, 5.74) is 4.75. The molecule has 3 aromatic rings. The van der Waals surface area contributed by atoms with Crippen LogP contribution in [0.4, 0.5) is 0 Å². The molecule has 0 saturated carbocycles. The van der Waals surface area contributed by atoms with E-state index < -0.39 is 0 Å². The maximum Gasteiger partial charge on any atom is 0.251 e. The zero-order valence-electron chi connectivity index (χ0n) is 17.1. The Hall–Kier alpha value is -3.12. The number of aromatic nitrogens is 2. The molecule has 2 aromatic carbocycles. The van der Waals surface area contributed by atoms with Gasteiger partial charge in [-0.1, -0.05) is 23.7 Å². The van der Waals surface area contributed by atoms with E-state index in [4.69, 9.17) is 11.6 Å². The minimum Gasteiger partial charge on any atom is -0.356 e. The lowest BCUT2D eigenvalue weighted by atomic mass is 10.1. The van der Waals surface area contributed by atoms with Crippen LogP contribution in [0.15, 0.2) is 54.6 Å². The molecule has 1 aromatic heterocycles. The van der Waals surface area contributed by atoms with Crippen molar-refractivity contribution in [1.29, 1.82) is 0 Å². The Morgan fingerprint density at radius 3 is 2.30 bits per heavy atom. The van der Waals surface area contributed by atoms with E-state index in [-0.39, 0.29) is 24.8 Å². The quantitative estimate of drug-likeness (QED) is 0.579. The number of benzene rings is 2. The van der Waals surface area contributed by atoms with E-state index in [1.54, 1.807) is 24.3 Å². The molecule has 0 aliphatic heterocycles. The molecule has 0 aliphatic carbocycles. The first kappa shape index (κ1) is 21.6. The standard InChI is InChI=1S/C23H25ClN4O2/c1-16-15-17(2)28(27-16)21-9-3-18(4-10-21)11-13-25-22(29)12-14-26-23(30)19-5-7-20(24)8-6-19/h3-10,15H,11-14H2,1-2H3,(H,25,29)(H,26,30). The summed E-state index contributed by atoms with van der Waals surface area (Å²) in [6, 6.07) is 16.8. The van der Waals surface area contributed by atoms with Crippen molar-refractivity contribution < 1.29 is 9.59 Å². The van der Waals surface area contributed by atoms with E-state index in [1.807, 2.05) is 48.9 Å². The predicted octanol–water partition coefficient (Wildman–Crippen LogP) is 3.62. The summed E-state index contributed by atoms with van der Waals surface area (Å²) in [6.45, 7) is 4.83. The molecule has 7 heteroatoms. The zero-order valence-corrected chi connectivity index (χ0v) is 17.9. The number of aryl methyl sites for hydroxylation is 2. The molecule has 2 N–H and O–H groups in total. The molecule has 0 unspecified atom stereocenters. The molecule has 0 atom stereocenters. The summed E-state index contributed by atoms with van der Waals surface area (Å²) in [4.78, 5) is 24.0. The average Bonchev–Trinajstić information content (AvgIpc) is 3.07. The number of rotatable bonds is 8. The Kier molecular flexibility index (Phi) is 7.25. The lowest BCUT2D eigenvalue weighted by molar-refractivity contribution is -0.120. The number of hydrogen-bond donors (Lipinski definition) is 2. The summed E-state index contributed by atoms with van der Waals surface area (Å²) in [5.74, 6) is -0.312. The first-order chi connectivity index (χ1) is 14.4. The first-order valence-corrected chi connectivity index (χ1v) is 10.2. The summed E-state index contributed by atoms with van der Waals surface area (Å²) >= 11 is 5.81. The molecule has 2 amide bonds. The number of halogens is 1. The van der Waals surface area contributed by atoms with Gasteiger partial charge in [0.15, 0.2) is 0 Å². The van der Waals surface area contributed by atoms with Gasteiger partial charge in [-0.15, -0.1) is 0 Å². The number of hydrogen-bond acceptors (Lipinski definition) is 3. The van der Waals surface area contributed by atoms with Gasteiger partial charge >= 0.3 is 0 Å². The van der Waals surface area contributed by atoms with E-state index in [1.165, 1.54) is 0 Å². The second-order valence-electron chi connectivity index (χ2n) is 7.12. The van der Waals surface area contributed by atoms with Gasteiger partial charge in [-0.3, -0.25) is 9.59 Å². The van der Waals surface area contributed by atoms with E-state index in [2.05, 4.69) is 15.7 Å². The normalized spacial score (nSPS) is 10.6. The summed E-state index contributed by atoms with van der Waals surface area (Å²) in [7, 11) is 0. The highest BCUT2D eigenvalue weighted by molar-refractivity contribution is 6.30. The van der Waals surface area contributed by atoms with Crippen LogP contribution >= 0.6 is 11.6 Å². The van der Waals surface area contributed by atoms with Crippen molar-refractivity contribution in [3.63, 3.8) is 0 Å². The van der Waals surface area contributed by atoms with Gasteiger partial charge in [0, 0.05) is 35.8 Å². The number of amides is 2. The number of nitrogens with one attached hydrogen (secondary N) is 2. The SMILES string of the molecule is Cc1cc(C)n(-c2ccc(CCNC(=O)CCNC(=O)c3ccc(Cl)cc3)cc2)n1. The fourth-order valence-electron chi connectivity index (χ4n) is 3.12. The van der Waals surface area contributed by atoms with Gasteiger partial charge in [0.1, 0.15) is 0 Å². The second kappa shape index (κ2) is 10.1. The highest BCUT2D eigenvalue weighted by Gasteiger charge is 2.07. The fraction of sp³-hybridized carbons (Fsp3) is 0.261. The summed E-state index contributed by atoms with van der Waals surface area (Å²) < 4.78 is 1.92. The van der Waals surface area contributed by atoms with Crippen molar-refractivity contribution in [2.45, 2.75) is 26.7 Å². The molecule has 0 aliphatic rings. The minimum absolute atomic E-state index is 0.0920. The molecule has 0 bridgehead atoms. The molecule has 1 heterocycles. The van der Waals surface area contributed by atoms with Gasteiger partial charge in [-0.05, 0) is 68.3 Å². The highest BCUT2D eigenvalue weighted by Crippen LogP contribution is 2.13. The van der Waals surface area contributed by atoms with Gasteiger partial charge < -0.3 is 10.6 Å². The Balaban J connectivity index is 1.37. The van der Waals surface area contributed by atoms with Crippen LogP contribution in [0.25, 0.3) is 5.69 Å². The van der Waals surface area contributed by atoms with Crippen molar-refractivity contribution in [1.82, 2.24) is 20.4 Å². The average molecular weight is 425 g/mol. The monoisotopic (exact) mass is 424 g/mol. The largest absolute Gasteiger partial charge is 0.356 e. The molecule has 156 valence electrons. The van der Waals surface area contributed by atoms with Crippen molar-refractivity contribution in [2.75, 3.05) is 13.1 Å². The van der Waals surface area contributed by atoms with Crippen molar-refractivity contribution in [3.8, 4) is 5.69 Å². The third-order valence-electron chi connectivity index (χ3n) is 4.67. The van der Waals surface area contributed by atoms with E-state index in [0.29, 0.717) is 17.1 Å². The maximum absolute atomic E-state index is 12.0. The summed E-state index contributed by atoms with van der Waals surface area (Å²) in [6.07, 6.45) is 0.969. The Labute approximate surface area is 181 Å². The molecule has 0 spiro atoms. The topological polar surface area (TPSA) is 76.0 Å². The van der Waals surface area contributed by atoms with Crippen LogP contribution in [0.5, 0.6) is 0 Å². The van der Waals surface area contributed by atoms with Crippen LogP contribution < -0.4 is 10.6 Å². The van der Waals surface area contributed by atoms with Gasteiger partial charge in [0.05, 0.1) is 11.4 Å². The molecule has 0 radical (unpaired) electrons. The highest BCUT2D eigenvalue weighted by atomic mass is 35.5. The van der Waals surface area contributed by atoms with Crippen LogP contribution in [0, 0.1) is 13.8 Å². The van der Waals surface area contributed by atoms with Crippen molar-refractivity contribution in [2.24, 2.45) is 0 Å². The van der Waals surface area contributed by atoms with Gasteiger partial charge in [0.25, 0.3) is 5.91 Å². The first-order valence-electron chi connectivity index (χ1n) is 9.85. The second-order valence-corrected chi connectivity index (χ2v) is 7.55. The van der Waals surface area contributed by atoms with Crippen LogP contribution in [-0.2, 0) is 11.2 Å². The third kappa shape index (κ3) is 5.94. The van der Waals surface area contributed by atoms with Crippen LogP contribution in [-0.4, -0.2) is 34.7 Å². The molecule has 0 fully saturated rings. The fourth-order valence-corrected chi connectivity index (χ4v) is 3.25. The van der Waals surface area contributed by atoms with E-state index in [0.717, 1.165) is 29.1 Å². The number of carbonyl (C=O) groups excluding carboxylic acids is 2. The van der Waals surface area contributed by atoms with Crippen LogP contribution in [0.2, 0.25) is 5.02 Å². The lowest BCUT2D eigenvalue weighted by Gasteiger charge is -2.08. The molecule has 30 heavy (non-hydrogen) atoms. The smallest absolute Gasteiger partial charge is 0.251 e. The number of carbonyl (C=O) groups is 2. The predicted molar refractivity (Wildman–Crippen MR) is 118 cm³/mol. The Morgan fingerprint density at radius 1 is 0.967 bits per heavy atom. The Morgan fingerprint density at radius 2 is 1.67 bits per heavy atom. The molecule has 0 saturated heterocycles. The molecular formula is C23H25ClN4O2. The van der Waals surface area contributed by atoms with Crippen LogP contribution in [0.1, 0.15) is 33.7 Å². The van der Waals surface area contributed by atoms with E-state index >= 15 is 0 Å². The van der Waals surface area contributed by atoms with Crippen molar-refractivity contribution in [3.05, 3.63) is 82.1 Å². The molecular weight excluding hydrogens is 400 g/mol.